The first-order valence-electron chi connectivity index (χ1n) is 25.4. The molecule has 7 N–H and O–H groups in total. The number of esters is 1. The number of aromatic carboxylic acids is 1. The molecular formula is C57H61BrCl3F9N6O8. The molecule has 6 aromatic rings. The molecule has 0 fully saturated rings. The van der Waals surface area contributed by atoms with Gasteiger partial charge in [0.2, 0.25) is 0 Å². The van der Waals surface area contributed by atoms with Crippen LogP contribution < -0.4 is 27.2 Å². The van der Waals surface area contributed by atoms with Crippen LogP contribution in [-0.2, 0) is 29.2 Å². The first-order chi connectivity index (χ1) is 38.8. The summed E-state index contributed by atoms with van der Waals surface area (Å²) in [5, 5.41) is 25.6. The number of aromatic nitrogens is 2. The second-order valence-corrected chi connectivity index (χ2v) is 22.0. The highest BCUT2D eigenvalue weighted by atomic mass is 79.9. The lowest BCUT2D eigenvalue weighted by Gasteiger charge is -2.21. The Morgan fingerprint density at radius 2 is 1.31 bits per heavy atom. The third kappa shape index (κ3) is 20.0. The van der Waals surface area contributed by atoms with E-state index in [1.165, 1.54) is 69.6 Å². The second-order valence-electron chi connectivity index (χ2n) is 19.8. The van der Waals surface area contributed by atoms with Crippen LogP contribution in [0.5, 0.6) is 0 Å². The van der Waals surface area contributed by atoms with Gasteiger partial charge in [0.25, 0.3) is 11.5 Å². The minimum absolute atomic E-state index is 0.00583. The van der Waals surface area contributed by atoms with Gasteiger partial charge in [-0.1, -0.05) is 89.7 Å². The quantitative estimate of drug-likeness (QED) is 0.0418. The van der Waals surface area contributed by atoms with Gasteiger partial charge >= 0.3 is 30.3 Å². The van der Waals surface area contributed by atoms with Crippen LogP contribution in [0.4, 0.5) is 50.9 Å². The molecule has 4 aromatic carbocycles. The van der Waals surface area contributed by atoms with E-state index in [-0.39, 0.29) is 62.3 Å². The molecule has 0 radical (unpaired) electrons. The fourth-order valence-corrected chi connectivity index (χ4v) is 8.80. The Morgan fingerprint density at radius 1 is 0.774 bits per heavy atom. The van der Waals surface area contributed by atoms with Gasteiger partial charge in [-0.05, 0) is 115 Å². The normalized spacial score (nSPS) is 12.9. The zero-order chi connectivity index (χ0) is 64.1. The number of aryl methyl sites for hydroxylation is 1. The van der Waals surface area contributed by atoms with Crippen LogP contribution in [0.3, 0.4) is 0 Å². The maximum Gasteiger partial charge on any atom is 0.417 e. The molecule has 0 aliphatic rings. The van der Waals surface area contributed by atoms with E-state index >= 15 is 0 Å². The van der Waals surface area contributed by atoms with Crippen molar-refractivity contribution in [2.45, 2.75) is 130 Å². The van der Waals surface area contributed by atoms with Crippen LogP contribution >= 0.6 is 50.7 Å². The molecular weight excluding hydrogens is 1250 g/mol. The second kappa shape index (κ2) is 30.5. The Balaban J connectivity index is 0.000000377. The summed E-state index contributed by atoms with van der Waals surface area (Å²) in [5.74, 6) is -7.71. The lowest BCUT2D eigenvalue weighted by Crippen LogP contribution is -2.42. The SMILES string of the molecule is CC(C)(C)OC(=O)c1c(F)cc(Br)cc1Cl.CC[C@@H](Nc1cc(F)c(C(=O)O)c(Cl)c1)C(F)(F)F.CC[C@H](C)N.CC[C@H](C)Nc1cc(F)c(C(=O)N[C@@H](Cc2ccc(-c3c(C(F)(F)F)cc(C)n(C)c3=O)c3ncccc23)C(=O)O)c(Cl)c1. The molecule has 84 heavy (non-hydrogen) atoms. The number of nitrogens with zero attached hydrogens (tertiary/aromatic N) is 2. The standard InChI is InChI=1S/C31H29ClF4N4O4.C11H11BrClFO2.C11H10ClF4NO2.C4H11N/c1-5-15(2)38-18-13-22(32)26(23(33)14-18)28(41)39-24(30(43)44)12-17-8-9-20(27-19(17)7-6-10-37-27)25-21(31(34,35)36)11-16(3)40(4)29(25)42;1-11(2,3)16-10(15)9-7(13)4-6(12)5-8(9)14;1-2-8(11(14,15)16)17-5-3-6(12)9(10(18)19)7(13)4-5;1-3-4(2)5/h6-11,13-15,24,38H,5,12H2,1-4H3,(H,39,41)(H,43,44);4-5H,1-3H3;3-4,8,17H,2H2,1H3,(H,18,19);4H,3,5H2,1-2H3/t15-,24-;;8-;4-/m0.10/s1. The fraction of sp³-hybridized carbons (Fsp3) is 0.368. The van der Waals surface area contributed by atoms with Crippen LogP contribution in [0.25, 0.3) is 22.0 Å². The summed E-state index contributed by atoms with van der Waals surface area (Å²) in [4.78, 5) is 64.9. The van der Waals surface area contributed by atoms with Crippen LogP contribution in [0.15, 0.2) is 82.2 Å². The number of nitrogens with one attached hydrogen (secondary N) is 3. The Kier molecular flexibility index (Phi) is 26.0. The number of halogens is 13. The highest BCUT2D eigenvalue weighted by Crippen LogP contribution is 2.39. The van der Waals surface area contributed by atoms with Crippen molar-refractivity contribution in [1.82, 2.24) is 14.9 Å². The maximum atomic E-state index is 15.0. The molecule has 0 aliphatic heterocycles. The van der Waals surface area contributed by atoms with Gasteiger partial charge in [-0.25, -0.2) is 27.6 Å². The molecule has 0 bridgehead atoms. The number of carbonyl (C=O) groups is 4. The lowest BCUT2D eigenvalue weighted by atomic mass is 9.93. The maximum absolute atomic E-state index is 15.0. The summed E-state index contributed by atoms with van der Waals surface area (Å²) in [6.45, 7) is 15.7. The topological polar surface area (TPSA) is 215 Å². The van der Waals surface area contributed by atoms with Crippen molar-refractivity contribution in [3.8, 4) is 11.1 Å². The minimum atomic E-state index is -4.84. The highest BCUT2D eigenvalue weighted by Gasteiger charge is 2.39. The van der Waals surface area contributed by atoms with Crippen molar-refractivity contribution in [3.05, 3.63) is 154 Å². The van der Waals surface area contributed by atoms with Gasteiger partial charge in [0.1, 0.15) is 46.3 Å². The van der Waals surface area contributed by atoms with Crippen molar-refractivity contribution < 1.29 is 73.6 Å². The highest BCUT2D eigenvalue weighted by molar-refractivity contribution is 9.10. The molecule has 2 heterocycles. The number of anilines is 2. The van der Waals surface area contributed by atoms with Crippen molar-refractivity contribution >= 4 is 96.8 Å². The molecule has 0 aliphatic carbocycles. The Hall–Kier alpha value is -6.60. The van der Waals surface area contributed by atoms with Crippen LogP contribution in [-0.4, -0.2) is 79.5 Å². The van der Waals surface area contributed by atoms with Gasteiger partial charge in [-0.15, -0.1) is 0 Å². The van der Waals surface area contributed by atoms with Crippen molar-refractivity contribution in [3.63, 3.8) is 0 Å². The molecule has 0 saturated heterocycles. The molecule has 0 spiro atoms. The average molecular weight is 1320 g/mol. The first kappa shape index (κ1) is 71.7. The summed E-state index contributed by atoms with van der Waals surface area (Å²) in [5.41, 5.74) is 0.950. The lowest BCUT2D eigenvalue weighted by molar-refractivity contribution is -0.143. The Labute approximate surface area is 501 Å². The number of pyridine rings is 2. The van der Waals surface area contributed by atoms with E-state index < -0.39 is 104 Å². The van der Waals surface area contributed by atoms with E-state index in [4.69, 9.17) is 50.4 Å². The number of nitrogens with two attached hydrogens (primary N) is 1. The smallest absolute Gasteiger partial charge is 0.417 e. The van der Waals surface area contributed by atoms with E-state index in [9.17, 15) is 68.6 Å². The van der Waals surface area contributed by atoms with Gasteiger partial charge in [-0.2, -0.15) is 26.3 Å². The molecule has 6 rings (SSSR count). The van der Waals surface area contributed by atoms with E-state index in [2.05, 4.69) is 43.8 Å². The van der Waals surface area contributed by atoms with Gasteiger partial charge in [0, 0.05) is 64.2 Å². The Morgan fingerprint density at radius 3 is 1.77 bits per heavy atom. The predicted molar refractivity (Wildman–Crippen MR) is 310 cm³/mol. The Bertz CT molecular complexity index is 3350. The average Bonchev–Trinajstić information content (AvgIpc) is 2.54. The van der Waals surface area contributed by atoms with Crippen LogP contribution in [0, 0.1) is 24.4 Å². The molecule has 1 amide bonds. The minimum Gasteiger partial charge on any atom is -0.480 e. The number of benzene rings is 4. The number of carbonyl (C=O) groups excluding carboxylic acids is 2. The number of amides is 1. The predicted octanol–water partition coefficient (Wildman–Crippen LogP) is 15.2. The van der Waals surface area contributed by atoms with Gasteiger partial charge in [0.05, 0.1) is 37.3 Å². The van der Waals surface area contributed by atoms with Crippen LogP contribution in [0.2, 0.25) is 15.1 Å². The molecule has 14 nitrogen and oxygen atoms in total. The third-order valence-electron chi connectivity index (χ3n) is 12.1. The molecule has 4 atom stereocenters. The number of carboxylic acids is 2. The summed E-state index contributed by atoms with van der Waals surface area (Å²) in [7, 11) is 1.36. The largest absolute Gasteiger partial charge is 0.480 e. The number of carboxylic acid groups (broad SMARTS) is 2. The zero-order valence-corrected chi connectivity index (χ0v) is 50.6. The number of hydrogen-bond donors (Lipinski definition) is 6. The van der Waals surface area contributed by atoms with Gasteiger partial charge in [0.15, 0.2) is 0 Å². The summed E-state index contributed by atoms with van der Waals surface area (Å²) in [6.07, 6.45) is -6.77. The summed E-state index contributed by atoms with van der Waals surface area (Å²) < 4.78 is 128. The molecule has 0 saturated carbocycles. The zero-order valence-electron chi connectivity index (χ0n) is 46.8. The fourth-order valence-electron chi connectivity index (χ4n) is 7.37. The number of aliphatic carboxylic acids is 1. The summed E-state index contributed by atoms with van der Waals surface area (Å²) in [6, 6.07) is 10.2. The first-order valence-corrected chi connectivity index (χ1v) is 27.3. The number of rotatable bonds is 15. The van der Waals surface area contributed by atoms with Gasteiger partial charge < -0.3 is 41.2 Å². The number of alkyl halides is 6. The van der Waals surface area contributed by atoms with Gasteiger partial charge in [-0.3, -0.25) is 14.6 Å². The molecule has 458 valence electrons. The van der Waals surface area contributed by atoms with Crippen molar-refractivity contribution in [2.24, 2.45) is 12.8 Å². The van der Waals surface area contributed by atoms with Crippen molar-refractivity contribution in [2.75, 3.05) is 10.6 Å². The molecule has 2 aromatic heterocycles. The van der Waals surface area contributed by atoms with E-state index in [0.29, 0.717) is 27.8 Å². The number of ether oxygens (including phenoxy) is 1. The number of fused-ring (bicyclic) bond motifs is 1. The van der Waals surface area contributed by atoms with E-state index in [0.717, 1.165) is 35.6 Å². The molecule has 0 unspecified atom stereocenters. The van der Waals surface area contributed by atoms with Crippen LogP contribution in [0.1, 0.15) is 123 Å². The van der Waals surface area contributed by atoms with E-state index in [1.807, 2.05) is 20.8 Å². The molecule has 27 heteroatoms. The number of hydrogen-bond acceptors (Lipinski definition) is 10. The van der Waals surface area contributed by atoms with Crippen molar-refractivity contribution in [1.29, 1.82) is 0 Å². The third-order valence-corrected chi connectivity index (χ3v) is 13.4. The summed E-state index contributed by atoms with van der Waals surface area (Å²) >= 11 is 20.6. The monoisotopic (exact) mass is 1310 g/mol. The van der Waals surface area contributed by atoms with E-state index in [1.54, 1.807) is 20.8 Å².